The van der Waals surface area contributed by atoms with Gasteiger partial charge in [0.05, 0.1) is 0 Å². The summed E-state index contributed by atoms with van der Waals surface area (Å²) >= 11 is 0. The molecule has 110 valence electrons. The fourth-order valence-corrected chi connectivity index (χ4v) is 1.64. The summed E-state index contributed by atoms with van der Waals surface area (Å²) in [6, 6.07) is 5.23. The molecule has 0 N–H and O–H groups in total. The highest BCUT2D eigenvalue weighted by Crippen LogP contribution is 2.29. The fraction of sp³-hybridized carbons (Fsp3) is 0.500. The molecule has 1 aromatic rings. The highest BCUT2D eigenvalue weighted by Gasteiger charge is 2.12. The van der Waals surface area contributed by atoms with E-state index in [0.29, 0.717) is 30.3 Å². The smallest absolute Gasteiger partial charge is 0.310 e. The van der Waals surface area contributed by atoms with Gasteiger partial charge in [-0.25, -0.2) is 0 Å². The highest BCUT2D eigenvalue weighted by atomic mass is 16.5. The molecule has 0 aliphatic carbocycles. The van der Waals surface area contributed by atoms with Crippen molar-refractivity contribution in [2.75, 3.05) is 0 Å². The number of carbonyl (C=O) groups excluding carboxylic acids is 2. The molecule has 0 saturated heterocycles. The summed E-state index contributed by atoms with van der Waals surface area (Å²) in [4.78, 5) is 22.8. The standard InChI is InChI=1S/C16H22O4/c1-5-11(4)12-8-13(19-15(17)6-2)10-14(9-12)20-16(18)7-3/h8-11H,5-7H2,1-4H3. The van der Waals surface area contributed by atoms with Gasteiger partial charge < -0.3 is 9.47 Å². The summed E-state index contributed by atoms with van der Waals surface area (Å²) in [5, 5.41) is 0. The molecular formula is C16H22O4. The molecule has 0 bridgehead atoms. The van der Waals surface area contributed by atoms with E-state index in [1.165, 1.54) is 0 Å². The van der Waals surface area contributed by atoms with E-state index < -0.39 is 0 Å². The fourth-order valence-electron chi connectivity index (χ4n) is 1.64. The molecular weight excluding hydrogens is 256 g/mol. The first kappa shape index (κ1) is 16.2. The maximum atomic E-state index is 11.4. The third kappa shape index (κ3) is 4.68. The summed E-state index contributed by atoms with van der Waals surface area (Å²) in [6.45, 7) is 7.62. The van der Waals surface area contributed by atoms with Crippen molar-refractivity contribution in [2.45, 2.75) is 52.9 Å². The number of hydrogen-bond donors (Lipinski definition) is 0. The molecule has 1 atom stereocenters. The molecule has 0 fully saturated rings. The third-order valence-electron chi connectivity index (χ3n) is 3.12. The molecule has 0 aliphatic rings. The van der Waals surface area contributed by atoms with Crippen LogP contribution in [0, 0.1) is 0 Å². The minimum absolute atomic E-state index is 0.300. The predicted molar refractivity (Wildman–Crippen MR) is 77.0 cm³/mol. The molecule has 0 aliphatic heterocycles. The lowest BCUT2D eigenvalue weighted by Crippen LogP contribution is -2.09. The number of benzene rings is 1. The molecule has 0 saturated carbocycles. The Kier molecular flexibility index (Phi) is 6.22. The Balaban J connectivity index is 3.06. The molecule has 1 unspecified atom stereocenters. The first-order valence-corrected chi connectivity index (χ1v) is 7.06. The van der Waals surface area contributed by atoms with E-state index in [1.54, 1.807) is 19.9 Å². The van der Waals surface area contributed by atoms with Crippen molar-refractivity contribution in [1.82, 2.24) is 0 Å². The quantitative estimate of drug-likeness (QED) is 0.586. The molecule has 20 heavy (non-hydrogen) atoms. The molecule has 0 spiro atoms. The Bertz CT molecular complexity index is 443. The lowest BCUT2D eigenvalue weighted by Gasteiger charge is -2.13. The van der Waals surface area contributed by atoms with Crippen molar-refractivity contribution in [3.8, 4) is 11.5 Å². The highest BCUT2D eigenvalue weighted by molar-refractivity contribution is 5.73. The number of hydrogen-bond acceptors (Lipinski definition) is 4. The lowest BCUT2D eigenvalue weighted by molar-refractivity contribution is -0.134. The van der Waals surface area contributed by atoms with Gasteiger partial charge in [-0.3, -0.25) is 9.59 Å². The molecule has 1 aromatic carbocycles. The van der Waals surface area contributed by atoms with Gasteiger partial charge in [0.1, 0.15) is 11.5 Å². The maximum Gasteiger partial charge on any atom is 0.310 e. The molecule has 4 heteroatoms. The van der Waals surface area contributed by atoms with Crippen LogP contribution in [-0.4, -0.2) is 11.9 Å². The van der Waals surface area contributed by atoms with Crippen molar-refractivity contribution >= 4 is 11.9 Å². The van der Waals surface area contributed by atoms with Gasteiger partial charge in [0, 0.05) is 18.9 Å². The predicted octanol–water partition coefficient (Wildman–Crippen LogP) is 3.83. The number of rotatable bonds is 6. The van der Waals surface area contributed by atoms with Crippen LogP contribution in [-0.2, 0) is 9.59 Å². The summed E-state index contributed by atoms with van der Waals surface area (Å²) in [6.07, 6.45) is 1.56. The summed E-state index contributed by atoms with van der Waals surface area (Å²) in [5.74, 6) is 0.537. The zero-order valence-electron chi connectivity index (χ0n) is 12.6. The van der Waals surface area contributed by atoms with Crippen molar-refractivity contribution in [3.05, 3.63) is 23.8 Å². The van der Waals surface area contributed by atoms with Crippen LogP contribution >= 0.6 is 0 Å². The van der Waals surface area contributed by atoms with Gasteiger partial charge in [0.2, 0.25) is 0 Å². The molecule has 0 aromatic heterocycles. The van der Waals surface area contributed by atoms with E-state index in [-0.39, 0.29) is 11.9 Å². The van der Waals surface area contributed by atoms with Gasteiger partial charge in [0.25, 0.3) is 0 Å². The first-order chi connectivity index (χ1) is 9.49. The number of ether oxygens (including phenoxy) is 2. The number of carbonyl (C=O) groups is 2. The SMILES string of the molecule is CCC(=O)Oc1cc(OC(=O)CC)cc(C(C)CC)c1. The molecule has 0 heterocycles. The zero-order chi connectivity index (χ0) is 15.1. The Morgan fingerprint density at radius 1 is 0.950 bits per heavy atom. The summed E-state index contributed by atoms with van der Waals surface area (Å²) in [5.41, 5.74) is 0.993. The minimum Gasteiger partial charge on any atom is -0.426 e. The van der Waals surface area contributed by atoms with Gasteiger partial charge in [0.15, 0.2) is 0 Å². The normalized spacial score (nSPS) is 11.8. The van der Waals surface area contributed by atoms with Crippen molar-refractivity contribution in [1.29, 1.82) is 0 Å². The van der Waals surface area contributed by atoms with Gasteiger partial charge in [-0.05, 0) is 30.0 Å². The Hall–Kier alpha value is -1.84. The Morgan fingerprint density at radius 3 is 1.75 bits per heavy atom. The van der Waals surface area contributed by atoms with E-state index in [2.05, 4.69) is 13.8 Å². The Labute approximate surface area is 120 Å². The van der Waals surface area contributed by atoms with Crippen molar-refractivity contribution < 1.29 is 19.1 Å². The van der Waals surface area contributed by atoms with E-state index in [4.69, 9.17) is 9.47 Å². The van der Waals surface area contributed by atoms with Crippen LogP contribution in [0.15, 0.2) is 18.2 Å². The van der Waals surface area contributed by atoms with Gasteiger partial charge in [-0.15, -0.1) is 0 Å². The van der Waals surface area contributed by atoms with Crippen molar-refractivity contribution in [2.24, 2.45) is 0 Å². The second-order valence-electron chi connectivity index (χ2n) is 4.70. The van der Waals surface area contributed by atoms with Gasteiger partial charge >= 0.3 is 11.9 Å². The molecule has 1 rings (SSSR count). The van der Waals surface area contributed by atoms with Gasteiger partial charge in [-0.1, -0.05) is 27.7 Å². The Morgan fingerprint density at radius 2 is 1.40 bits per heavy atom. The monoisotopic (exact) mass is 278 g/mol. The zero-order valence-corrected chi connectivity index (χ0v) is 12.6. The van der Waals surface area contributed by atoms with Crippen LogP contribution in [0.2, 0.25) is 0 Å². The van der Waals surface area contributed by atoms with Gasteiger partial charge in [-0.2, -0.15) is 0 Å². The second-order valence-corrected chi connectivity index (χ2v) is 4.70. The van der Waals surface area contributed by atoms with E-state index in [0.717, 1.165) is 12.0 Å². The summed E-state index contributed by atoms with van der Waals surface area (Å²) in [7, 11) is 0. The maximum absolute atomic E-state index is 11.4. The van der Waals surface area contributed by atoms with Crippen LogP contribution in [0.5, 0.6) is 11.5 Å². The topological polar surface area (TPSA) is 52.6 Å². The average molecular weight is 278 g/mol. The van der Waals surface area contributed by atoms with Crippen molar-refractivity contribution in [3.63, 3.8) is 0 Å². The van der Waals surface area contributed by atoms with Crippen LogP contribution < -0.4 is 9.47 Å². The largest absolute Gasteiger partial charge is 0.426 e. The molecule has 4 nitrogen and oxygen atoms in total. The third-order valence-corrected chi connectivity index (χ3v) is 3.12. The van der Waals surface area contributed by atoms with E-state index >= 15 is 0 Å². The number of esters is 2. The first-order valence-electron chi connectivity index (χ1n) is 7.06. The van der Waals surface area contributed by atoms with Crippen LogP contribution in [0.3, 0.4) is 0 Å². The average Bonchev–Trinajstić information content (AvgIpc) is 2.45. The van der Waals surface area contributed by atoms with E-state index in [9.17, 15) is 9.59 Å². The van der Waals surface area contributed by atoms with Crippen LogP contribution in [0.1, 0.15) is 58.4 Å². The second kappa shape index (κ2) is 7.68. The summed E-state index contributed by atoms with van der Waals surface area (Å²) < 4.78 is 10.4. The lowest BCUT2D eigenvalue weighted by atomic mass is 9.98. The van der Waals surface area contributed by atoms with E-state index in [1.807, 2.05) is 12.1 Å². The minimum atomic E-state index is -0.306. The molecule has 0 radical (unpaired) electrons. The molecule has 0 amide bonds. The van der Waals surface area contributed by atoms with Crippen LogP contribution in [0.4, 0.5) is 0 Å². The van der Waals surface area contributed by atoms with Crippen LogP contribution in [0.25, 0.3) is 0 Å².